The van der Waals surface area contributed by atoms with Crippen LogP contribution in [0.15, 0.2) is 24.3 Å². The van der Waals surface area contributed by atoms with Gasteiger partial charge in [-0.25, -0.2) is 0 Å². The third-order valence-electron chi connectivity index (χ3n) is 3.19. The lowest BCUT2D eigenvalue weighted by molar-refractivity contribution is -0.260. The molecule has 1 N–H and O–H groups in total. The third kappa shape index (κ3) is 4.13. The molecule has 0 aromatic heterocycles. The fourth-order valence-electron chi connectivity index (χ4n) is 1.43. The molecule has 0 heterocycles. The summed E-state index contributed by atoms with van der Waals surface area (Å²) in [5.74, 6) is 0.712. The van der Waals surface area contributed by atoms with Crippen LogP contribution in [0.2, 0.25) is 0 Å². The zero-order chi connectivity index (χ0) is 14.7. The van der Waals surface area contributed by atoms with Crippen molar-refractivity contribution < 1.29 is 23.0 Å². The van der Waals surface area contributed by atoms with Gasteiger partial charge in [0.2, 0.25) is 0 Å². The van der Waals surface area contributed by atoms with E-state index in [9.17, 15) is 18.3 Å². The molecule has 0 aliphatic heterocycles. The lowest BCUT2D eigenvalue weighted by Crippen LogP contribution is -2.47. The molecule has 1 rings (SSSR count). The summed E-state index contributed by atoms with van der Waals surface area (Å²) in [5, 5.41) is 9.24. The third-order valence-corrected chi connectivity index (χ3v) is 3.19. The summed E-state index contributed by atoms with van der Waals surface area (Å²) in [7, 11) is 0. The molecule has 2 atom stereocenters. The second-order valence-corrected chi connectivity index (χ2v) is 4.94. The van der Waals surface area contributed by atoms with Crippen molar-refractivity contribution in [3.05, 3.63) is 29.8 Å². The Kier molecular flexibility index (Phi) is 4.85. The van der Waals surface area contributed by atoms with E-state index in [2.05, 4.69) is 13.8 Å². The Morgan fingerprint density at radius 2 is 1.74 bits per heavy atom. The average Bonchev–Trinajstić information content (AvgIpc) is 2.35. The van der Waals surface area contributed by atoms with Crippen molar-refractivity contribution in [3.63, 3.8) is 0 Å². The quantitative estimate of drug-likeness (QED) is 0.884. The summed E-state index contributed by atoms with van der Waals surface area (Å²) in [6.45, 7) is 4.01. The Morgan fingerprint density at radius 3 is 2.16 bits per heavy atom. The van der Waals surface area contributed by atoms with Crippen molar-refractivity contribution in [2.75, 3.05) is 6.61 Å². The van der Waals surface area contributed by atoms with Gasteiger partial charge in [-0.3, -0.25) is 0 Å². The predicted octanol–water partition coefficient (Wildman–Crippen LogP) is 3.89. The maximum atomic E-state index is 12.4. The van der Waals surface area contributed by atoms with E-state index in [4.69, 9.17) is 4.74 Å². The molecule has 0 fully saturated rings. The minimum absolute atomic E-state index is 0.316. The van der Waals surface area contributed by atoms with Crippen molar-refractivity contribution in [3.8, 4) is 5.75 Å². The molecule has 1 aromatic rings. The van der Waals surface area contributed by atoms with E-state index in [0.717, 1.165) is 12.0 Å². The van der Waals surface area contributed by atoms with Crippen LogP contribution < -0.4 is 4.74 Å². The molecular formula is C14H19F3O2. The first-order chi connectivity index (χ1) is 8.67. The molecule has 5 heteroatoms. The first-order valence-electron chi connectivity index (χ1n) is 6.19. The van der Waals surface area contributed by atoms with Gasteiger partial charge in [-0.15, -0.1) is 0 Å². The molecular weight excluding hydrogens is 257 g/mol. The highest BCUT2D eigenvalue weighted by Gasteiger charge is 2.50. The van der Waals surface area contributed by atoms with Crippen molar-refractivity contribution in [1.29, 1.82) is 0 Å². The number of benzene rings is 1. The van der Waals surface area contributed by atoms with Crippen LogP contribution in [0.1, 0.15) is 38.7 Å². The van der Waals surface area contributed by atoms with Crippen molar-refractivity contribution >= 4 is 0 Å². The van der Waals surface area contributed by atoms with E-state index in [1.165, 1.54) is 0 Å². The summed E-state index contributed by atoms with van der Waals surface area (Å²) < 4.78 is 42.3. The monoisotopic (exact) mass is 276 g/mol. The molecule has 0 saturated heterocycles. The number of hydrogen-bond donors (Lipinski definition) is 1. The largest absolute Gasteiger partial charge is 0.490 e. The first-order valence-corrected chi connectivity index (χ1v) is 6.19. The van der Waals surface area contributed by atoms with Gasteiger partial charge in [0.15, 0.2) is 5.60 Å². The zero-order valence-corrected chi connectivity index (χ0v) is 11.3. The second-order valence-electron chi connectivity index (χ2n) is 4.94. The molecule has 0 bridgehead atoms. The smallest absolute Gasteiger partial charge is 0.420 e. The van der Waals surface area contributed by atoms with Crippen LogP contribution in [0.4, 0.5) is 13.2 Å². The van der Waals surface area contributed by atoms with E-state index in [0.29, 0.717) is 18.6 Å². The molecule has 108 valence electrons. The summed E-state index contributed by atoms with van der Waals surface area (Å²) in [4.78, 5) is 0. The van der Waals surface area contributed by atoms with Crippen LogP contribution in [0, 0.1) is 0 Å². The van der Waals surface area contributed by atoms with Gasteiger partial charge >= 0.3 is 6.18 Å². The van der Waals surface area contributed by atoms with Crippen LogP contribution in [-0.2, 0) is 0 Å². The molecule has 0 amide bonds. The Morgan fingerprint density at radius 1 is 1.21 bits per heavy atom. The van der Waals surface area contributed by atoms with E-state index in [-0.39, 0.29) is 0 Å². The maximum Gasteiger partial charge on any atom is 0.420 e. The van der Waals surface area contributed by atoms with Crippen LogP contribution in [0.25, 0.3) is 0 Å². The average molecular weight is 276 g/mol. The highest BCUT2D eigenvalue weighted by molar-refractivity contribution is 5.29. The van der Waals surface area contributed by atoms with Crippen LogP contribution >= 0.6 is 0 Å². The van der Waals surface area contributed by atoms with Crippen molar-refractivity contribution in [1.82, 2.24) is 0 Å². The van der Waals surface area contributed by atoms with Crippen LogP contribution in [-0.4, -0.2) is 23.5 Å². The lowest BCUT2D eigenvalue weighted by atomic mass is 9.99. The number of halogens is 3. The topological polar surface area (TPSA) is 29.5 Å². The van der Waals surface area contributed by atoms with Gasteiger partial charge in [0.05, 0.1) is 0 Å². The van der Waals surface area contributed by atoms with Gasteiger partial charge in [-0.05, 0) is 37.0 Å². The van der Waals surface area contributed by atoms with E-state index in [1.807, 2.05) is 12.1 Å². The fraction of sp³-hybridized carbons (Fsp3) is 0.571. The molecule has 0 spiro atoms. The minimum Gasteiger partial charge on any atom is -0.490 e. The maximum absolute atomic E-state index is 12.4. The number of hydrogen-bond acceptors (Lipinski definition) is 2. The summed E-state index contributed by atoms with van der Waals surface area (Å²) in [5.41, 5.74) is -1.74. The minimum atomic E-state index is -4.70. The Hall–Kier alpha value is -1.23. The van der Waals surface area contributed by atoms with Gasteiger partial charge in [-0.1, -0.05) is 26.0 Å². The van der Waals surface area contributed by atoms with Crippen molar-refractivity contribution in [2.45, 2.75) is 44.9 Å². The summed E-state index contributed by atoms with van der Waals surface area (Å²) in [6, 6.07) is 6.89. The number of aliphatic hydroxyl groups is 1. The molecule has 19 heavy (non-hydrogen) atoms. The van der Waals surface area contributed by atoms with Crippen LogP contribution in [0.3, 0.4) is 0 Å². The molecule has 2 nitrogen and oxygen atoms in total. The van der Waals surface area contributed by atoms with Gasteiger partial charge in [0.1, 0.15) is 12.4 Å². The Bertz CT molecular complexity index is 396. The number of ether oxygens (including phenoxy) is 1. The van der Waals surface area contributed by atoms with E-state index in [1.54, 1.807) is 12.1 Å². The molecule has 0 aliphatic rings. The second kappa shape index (κ2) is 5.82. The molecule has 1 aromatic carbocycles. The molecule has 0 radical (unpaired) electrons. The summed E-state index contributed by atoms with van der Waals surface area (Å²) in [6.07, 6.45) is -3.72. The van der Waals surface area contributed by atoms with Gasteiger partial charge in [0, 0.05) is 0 Å². The van der Waals surface area contributed by atoms with E-state index >= 15 is 0 Å². The summed E-state index contributed by atoms with van der Waals surface area (Å²) >= 11 is 0. The van der Waals surface area contributed by atoms with Gasteiger partial charge in [0.25, 0.3) is 0 Å². The Balaban J connectivity index is 2.65. The highest BCUT2D eigenvalue weighted by Crippen LogP contribution is 2.30. The normalized spacial score (nSPS) is 16.8. The van der Waals surface area contributed by atoms with Crippen LogP contribution in [0.5, 0.6) is 5.75 Å². The number of alkyl halides is 3. The van der Waals surface area contributed by atoms with Crippen molar-refractivity contribution in [2.24, 2.45) is 0 Å². The predicted molar refractivity (Wildman–Crippen MR) is 67.3 cm³/mol. The van der Waals surface area contributed by atoms with Gasteiger partial charge < -0.3 is 9.84 Å². The standard InChI is InChI=1S/C14H19F3O2/c1-4-10(2)11-5-7-12(8-6-11)19-9-13(3,18)14(15,16)17/h5-8,10,18H,4,9H2,1-3H3. The molecule has 0 aliphatic carbocycles. The SMILES string of the molecule is CCC(C)c1ccc(OCC(C)(O)C(F)(F)F)cc1. The lowest BCUT2D eigenvalue weighted by Gasteiger charge is -2.26. The number of rotatable bonds is 5. The highest BCUT2D eigenvalue weighted by atomic mass is 19.4. The van der Waals surface area contributed by atoms with Gasteiger partial charge in [-0.2, -0.15) is 13.2 Å². The molecule has 2 unspecified atom stereocenters. The van der Waals surface area contributed by atoms with E-state index < -0.39 is 18.4 Å². The Labute approximate surface area is 111 Å². The zero-order valence-electron chi connectivity index (χ0n) is 11.3. The fourth-order valence-corrected chi connectivity index (χ4v) is 1.43. The molecule has 0 saturated carbocycles. The first kappa shape index (κ1) is 15.8.